The molecular formula is C25H29NO2. The molecule has 0 aliphatic carbocycles. The first-order valence-electron chi connectivity index (χ1n) is 9.91. The molecule has 0 radical (unpaired) electrons. The number of aryl methyl sites for hydroxylation is 3. The third-order valence-corrected chi connectivity index (χ3v) is 4.48. The minimum atomic E-state index is 0.602. The second-order valence-corrected chi connectivity index (χ2v) is 7.03. The summed E-state index contributed by atoms with van der Waals surface area (Å²) in [6, 6.07) is 24.9. The zero-order chi connectivity index (χ0) is 19.6. The standard InChI is InChI=1S/C25H29NO2/c1-20-17-21(2)19-23(18-20)27-16-14-26-24-12-6-7-13-25(24)28-15-8-11-22-9-4-3-5-10-22/h3-7,9-10,12-13,17-19,26H,8,11,14-16H2,1-2H3. The number of benzene rings is 3. The van der Waals surface area contributed by atoms with Gasteiger partial charge in [0.1, 0.15) is 18.1 Å². The zero-order valence-electron chi connectivity index (χ0n) is 16.8. The Morgan fingerprint density at radius 2 is 1.46 bits per heavy atom. The van der Waals surface area contributed by atoms with Crippen LogP contribution in [0.1, 0.15) is 23.1 Å². The van der Waals surface area contributed by atoms with E-state index in [1.54, 1.807) is 0 Å². The lowest BCUT2D eigenvalue weighted by atomic mass is 10.1. The molecule has 3 aromatic rings. The summed E-state index contributed by atoms with van der Waals surface area (Å²) in [4.78, 5) is 0. The number of rotatable bonds is 10. The van der Waals surface area contributed by atoms with E-state index in [0.29, 0.717) is 13.2 Å². The number of hydrogen-bond donors (Lipinski definition) is 1. The molecule has 0 atom stereocenters. The summed E-state index contributed by atoms with van der Waals surface area (Å²) < 4.78 is 11.9. The molecule has 0 spiro atoms. The van der Waals surface area contributed by atoms with Gasteiger partial charge in [0, 0.05) is 6.54 Å². The number of anilines is 1. The lowest BCUT2D eigenvalue weighted by molar-refractivity contribution is 0.311. The van der Waals surface area contributed by atoms with Gasteiger partial charge in [0.15, 0.2) is 0 Å². The Bertz CT molecular complexity index is 841. The minimum Gasteiger partial charge on any atom is -0.492 e. The van der Waals surface area contributed by atoms with E-state index in [0.717, 1.165) is 36.6 Å². The lowest BCUT2D eigenvalue weighted by Crippen LogP contribution is -2.12. The summed E-state index contributed by atoms with van der Waals surface area (Å²) >= 11 is 0. The van der Waals surface area contributed by atoms with Gasteiger partial charge in [0.2, 0.25) is 0 Å². The Labute approximate surface area is 168 Å². The van der Waals surface area contributed by atoms with Crippen LogP contribution in [-0.2, 0) is 6.42 Å². The highest BCUT2D eigenvalue weighted by atomic mass is 16.5. The zero-order valence-corrected chi connectivity index (χ0v) is 16.8. The molecule has 146 valence electrons. The molecule has 0 bridgehead atoms. The van der Waals surface area contributed by atoms with Crippen molar-refractivity contribution in [3.8, 4) is 11.5 Å². The van der Waals surface area contributed by atoms with Gasteiger partial charge < -0.3 is 14.8 Å². The van der Waals surface area contributed by atoms with Crippen LogP contribution in [0.3, 0.4) is 0 Å². The molecule has 0 saturated heterocycles. The van der Waals surface area contributed by atoms with E-state index in [1.807, 2.05) is 30.3 Å². The van der Waals surface area contributed by atoms with Gasteiger partial charge in [-0.25, -0.2) is 0 Å². The maximum atomic E-state index is 6.00. The predicted molar refractivity (Wildman–Crippen MR) is 117 cm³/mol. The Morgan fingerprint density at radius 1 is 0.750 bits per heavy atom. The molecule has 3 rings (SSSR count). The summed E-state index contributed by atoms with van der Waals surface area (Å²) in [5, 5.41) is 3.42. The van der Waals surface area contributed by atoms with Crippen LogP contribution in [0, 0.1) is 13.8 Å². The fourth-order valence-electron chi connectivity index (χ4n) is 3.21. The molecule has 0 saturated carbocycles. The van der Waals surface area contributed by atoms with Crippen LogP contribution >= 0.6 is 0 Å². The molecule has 0 aromatic heterocycles. The van der Waals surface area contributed by atoms with Gasteiger partial charge in [0.05, 0.1) is 12.3 Å². The normalized spacial score (nSPS) is 10.5. The van der Waals surface area contributed by atoms with Crippen LogP contribution in [0.4, 0.5) is 5.69 Å². The molecule has 0 unspecified atom stereocenters. The van der Waals surface area contributed by atoms with Crippen molar-refractivity contribution in [3.63, 3.8) is 0 Å². The second-order valence-electron chi connectivity index (χ2n) is 7.03. The largest absolute Gasteiger partial charge is 0.492 e. The Hall–Kier alpha value is -2.94. The van der Waals surface area contributed by atoms with Crippen molar-refractivity contribution in [1.29, 1.82) is 0 Å². The van der Waals surface area contributed by atoms with Gasteiger partial charge in [-0.3, -0.25) is 0 Å². The maximum absolute atomic E-state index is 6.00. The topological polar surface area (TPSA) is 30.5 Å². The van der Waals surface area contributed by atoms with E-state index in [-0.39, 0.29) is 0 Å². The number of hydrogen-bond acceptors (Lipinski definition) is 3. The van der Waals surface area contributed by atoms with E-state index in [4.69, 9.17) is 9.47 Å². The van der Waals surface area contributed by atoms with Crippen molar-refractivity contribution in [2.75, 3.05) is 25.1 Å². The molecule has 0 fully saturated rings. The quantitative estimate of drug-likeness (QED) is 0.454. The maximum Gasteiger partial charge on any atom is 0.142 e. The molecule has 0 heterocycles. The number of para-hydroxylation sites is 2. The minimum absolute atomic E-state index is 0.602. The van der Waals surface area contributed by atoms with Crippen molar-refractivity contribution in [1.82, 2.24) is 0 Å². The molecule has 0 aliphatic rings. The van der Waals surface area contributed by atoms with Gasteiger partial charge in [-0.05, 0) is 67.6 Å². The molecule has 0 aliphatic heterocycles. The average Bonchev–Trinajstić information content (AvgIpc) is 2.69. The van der Waals surface area contributed by atoms with E-state index in [9.17, 15) is 0 Å². The van der Waals surface area contributed by atoms with Gasteiger partial charge in [-0.2, -0.15) is 0 Å². The van der Waals surface area contributed by atoms with E-state index in [1.165, 1.54) is 16.7 Å². The van der Waals surface area contributed by atoms with E-state index >= 15 is 0 Å². The van der Waals surface area contributed by atoms with Crippen molar-refractivity contribution < 1.29 is 9.47 Å². The second kappa shape index (κ2) is 10.4. The summed E-state index contributed by atoms with van der Waals surface area (Å²) in [6.07, 6.45) is 2.02. The van der Waals surface area contributed by atoms with Crippen LogP contribution in [-0.4, -0.2) is 19.8 Å². The molecule has 28 heavy (non-hydrogen) atoms. The van der Waals surface area contributed by atoms with Crippen LogP contribution in [0.2, 0.25) is 0 Å². The monoisotopic (exact) mass is 375 g/mol. The Kier molecular flexibility index (Phi) is 7.36. The van der Waals surface area contributed by atoms with Crippen molar-refractivity contribution in [2.24, 2.45) is 0 Å². The van der Waals surface area contributed by atoms with E-state index < -0.39 is 0 Å². The molecule has 1 N–H and O–H groups in total. The number of ether oxygens (including phenoxy) is 2. The smallest absolute Gasteiger partial charge is 0.142 e. The third-order valence-electron chi connectivity index (χ3n) is 4.48. The van der Waals surface area contributed by atoms with Crippen molar-refractivity contribution in [3.05, 3.63) is 89.5 Å². The molecular weight excluding hydrogens is 346 g/mol. The fraction of sp³-hybridized carbons (Fsp3) is 0.280. The van der Waals surface area contributed by atoms with Crippen molar-refractivity contribution >= 4 is 5.69 Å². The summed E-state index contributed by atoms with van der Waals surface area (Å²) in [5.41, 5.74) is 4.79. The first kappa shape index (κ1) is 19.8. The molecule has 0 amide bonds. The molecule has 3 nitrogen and oxygen atoms in total. The van der Waals surface area contributed by atoms with Crippen LogP contribution in [0.25, 0.3) is 0 Å². The SMILES string of the molecule is Cc1cc(C)cc(OCCNc2ccccc2OCCCc2ccccc2)c1. The fourth-order valence-corrected chi connectivity index (χ4v) is 3.21. The highest BCUT2D eigenvalue weighted by Crippen LogP contribution is 2.24. The van der Waals surface area contributed by atoms with Gasteiger partial charge >= 0.3 is 0 Å². The van der Waals surface area contributed by atoms with Crippen LogP contribution in [0.5, 0.6) is 11.5 Å². The van der Waals surface area contributed by atoms with Gasteiger partial charge in [-0.1, -0.05) is 48.5 Å². The molecule has 3 heteroatoms. The average molecular weight is 376 g/mol. The molecule has 3 aromatic carbocycles. The first-order chi connectivity index (χ1) is 13.7. The summed E-state index contributed by atoms with van der Waals surface area (Å²) in [7, 11) is 0. The summed E-state index contributed by atoms with van der Waals surface area (Å²) in [5.74, 6) is 1.81. The van der Waals surface area contributed by atoms with Gasteiger partial charge in [0.25, 0.3) is 0 Å². The Balaban J connectivity index is 1.43. The Morgan fingerprint density at radius 3 is 2.25 bits per heavy atom. The van der Waals surface area contributed by atoms with Gasteiger partial charge in [-0.15, -0.1) is 0 Å². The highest BCUT2D eigenvalue weighted by molar-refractivity contribution is 5.56. The van der Waals surface area contributed by atoms with E-state index in [2.05, 4.69) is 61.6 Å². The first-order valence-corrected chi connectivity index (χ1v) is 9.91. The van der Waals surface area contributed by atoms with Crippen molar-refractivity contribution in [2.45, 2.75) is 26.7 Å². The summed E-state index contributed by atoms with van der Waals surface area (Å²) in [6.45, 7) is 6.20. The predicted octanol–water partition coefficient (Wildman–Crippen LogP) is 5.81. The highest BCUT2D eigenvalue weighted by Gasteiger charge is 2.03. The number of nitrogens with one attached hydrogen (secondary N) is 1. The third kappa shape index (κ3) is 6.34. The van der Waals surface area contributed by atoms with Crippen LogP contribution in [0.15, 0.2) is 72.8 Å². The lowest BCUT2D eigenvalue weighted by Gasteiger charge is -2.14. The van der Waals surface area contributed by atoms with Crippen LogP contribution < -0.4 is 14.8 Å².